The van der Waals surface area contributed by atoms with Crippen molar-refractivity contribution < 1.29 is 0 Å². The molecule has 4 heteroatoms. The molecule has 2 N–H and O–H groups in total. The van der Waals surface area contributed by atoms with Gasteiger partial charge >= 0.3 is 0 Å². The topological polar surface area (TPSA) is 39.7 Å². The predicted molar refractivity (Wildman–Crippen MR) is 76.7 cm³/mol. The fraction of sp³-hybridized carbons (Fsp3) is 0.500. The first-order chi connectivity index (χ1) is 8.93. The highest BCUT2D eigenvalue weighted by Gasteiger charge is 2.15. The molecule has 0 radical (unpaired) electrons. The molecule has 0 amide bonds. The molecule has 96 valence electrons. The van der Waals surface area contributed by atoms with Gasteiger partial charge in [0.25, 0.3) is 0 Å². The van der Waals surface area contributed by atoms with Gasteiger partial charge in [-0.2, -0.15) is 0 Å². The number of nitrogens with zero attached hydrogens (tertiary/aromatic N) is 2. The van der Waals surface area contributed by atoms with Crippen molar-refractivity contribution in [2.45, 2.75) is 12.8 Å². The molecule has 0 spiro atoms. The van der Waals surface area contributed by atoms with Gasteiger partial charge < -0.3 is 15.5 Å². The molecule has 0 bridgehead atoms. The van der Waals surface area contributed by atoms with Crippen molar-refractivity contribution in [2.75, 3.05) is 42.9 Å². The Kier molecular flexibility index (Phi) is 3.35. The van der Waals surface area contributed by atoms with Crippen LogP contribution in [0, 0.1) is 0 Å². The molecule has 18 heavy (non-hydrogen) atoms. The van der Waals surface area contributed by atoms with Crippen LogP contribution in [0.4, 0.5) is 11.4 Å². The summed E-state index contributed by atoms with van der Waals surface area (Å²) in [5, 5.41) is 6.79. The van der Waals surface area contributed by atoms with Crippen LogP contribution in [-0.2, 0) is 0 Å². The molecule has 0 aromatic heterocycles. The summed E-state index contributed by atoms with van der Waals surface area (Å²) < 4.78 is 0. The van der Waals surface area contributed by atoms with E-state index in [1.807, 2.05) is 0 Å². The van der Waals surface area contributed by atoms with Crippen LogP contribution in [0.3, 0.4) is 0 Å². The molecule has 0 atom stereocenters. The van der Waals surface area contributed by atoms with Crippen LogP contribution >= 0.6 is 0 Å². The number of amidine groups is 1. The molecule has 1 fully saturated rings. The molecular weight excluding hydrogens is 224 g/mol. The summed E-state index contributed by atoms with van der Waals surface area (Å²) in [4.78, 5) is 6.87. The predicted octanol–water partition coefficient (Wildman–Crippen LogP) is 1.70. The monoisotopic (exact) mass is 244 g/mol. The Bertz CT molecular complexity index is 435. The van der Waals surface area contributed by atoms with Crippen LogP contribution in [0.25, 0.3) is 0 Å². The van der Waals surface area contributed by atoms with Gasteiger partial charge in [0.1, 0.15) is 5.84 Å². The van der Waals surface area contributed by atoms with Crippen molar-refractivity contribution in [1.29, 1.82) is 0 Å². The van der Waals surface area contributed by atoms with Crippen molar-refractivity contribution in [1.82, 2.24) is 5.32 Å². The van der Waals surface area contributed by atoms with Crippen LogP contribution in [0.2, 0.25) is 0 Å². The number of aliphatic imine (C=N–C) groups is 1. The quantitative estimate of drug-likeness (QED) is 0.847. The van der Waals surface area contributed by atoms with E-state index < -0.39 is 0 Å². The number of benzene rings is 1. The summed E-state index contributed by atoms with van der Waals surface area (Å²) in [5.74, 6) is 1.08. The number of anilines is 2. The van der Waals surface area contributed by atoms with Gasteiger partial charge in [0, 0.05) is 19.6 Å². The van der Waals surface area contributed by atoms with Crippen molar-refractivity contribution >= 4 is 17.2 Å². The van der Waals surface area contributed by atoms with Crippen molar-refractivity contribution in [2.24, 2.45) is 4.99 Å². The average Bonchev–Trinajstić information content (AvgIpc) is 3.10. The van der Waals surface area contributed by atoms with E-state index in [2.05, 4.69) is 44.8 Å². The van der Waals surface area contributed by atoms with Crippen LogP contribution < -0.4 is 15.5 Å². The van der Waals surface area contributed by atoms with Crippen molar-refractivity contribution in [3.63, 3.8) is 0 Å². The summed E-state index contributed by atoms with van der Waals surface area (Å²) in [6.07, 6.45) is 2.62. The van der Waals surface area contributed by atoms with Crippen LogP contribution in [0.5, 0.6) is 0 Å². The zero-order valence-electron chi connectivity index (χ0n) is 10.7. The maximum Gasteiger partial charge on any atom is 0.116 e. The lowest BCUT2D eigenvalue weighted by Crippen LogP contribution is -2.27. The minimum Gasteiger partial charge on any atom is -0.376 e. The largest absolute Gasteiger partial charge is 0.376 e. The summed E-state index contributed by atoms with van der Waals surface area (Å²) in [5.41, 5.74) is 2.55. The van der Waals surface area contributed by atoms with E-state index in [0.29, 0.717) is 0 Å². The second-order valence-electron chi connectivity index (χ2n) is 4.82. The lowest BCUT2D eigenvalue weighted by molar-refractivity contribution is 0.949. The second kappa shape index (κ2) is 5.29. The Balaban J connectivity index is 1.70. The van der Waals surface area contributed by atoms with Crippen LogP contribution in [-0.4, -0.2) is 38.6 Å². The van der Waals surface area contributed by atoms with Gasteiger partial charge in [-0.1, -0.05) is 12.1 Å². The van der Waals surface area contributed by atoms with Gasteiger partial charge in [-0.25, -0.2) is 0 Å². The molecule has 0 unspecified atom stereocenters. The Morgan fingerprint density at radius 1 is 1.22 bits per heavy atom. The molecule has 1 aromatic carbocycles. The van der Waals surface area contributed by atoms with Gasteiger partial charge in [0.15, 0.2) is 0 Å². The van der Waals surface area contributed by atoms with E-state index in [1.54, 1.807) is 0 Å². The number of nitrogens with one attached hydrogen (secondary N) is 2. The van der Waals surface area contributed by atoms with E-state index in [9.17, 15) is 0 Å². The Morgan fingerprint density at radius 2 is 2.06 bits per heavy atom. The fourth-order valence-electron chi connectivity index (χ4n) is 2.60. The molecule has 1 saturated heterocycles. The molecule has 3 rings (SSSR count). The summed E-state index contributed by atoms with van der Waals surface area (Å²) in [6, 6.07) is 8.57. The fourth-order valence-corrected chi connectivity index (χ4v) is 2.60. The van der Waals surface area contributed by atoms with E-state index in [-0.39, 0.29) is 0 Å². The first-order valence-electron chi connectivity index (χ1n) is 6.78. The summed E-state index contributed by atoms with van der Waals surface area (Å²) >= 11 is 0. The maximum absolute atomic E-state index is 4.41. The van der Waals surface area contributed by atoms with Crippen molar-refractivity contribution in [3.8, 4) is 0 Å². The van der Waals surface area contributed by atoms with E-state index in [0.717, 1.165) is 25.5 Å². The van der Waals surface area contributed by atoms with Gasteiger partial charge in [0.2, 0.25) is 0 Å². The third-order valence-corrected chi connectivity index (χ3v) is 3.54. The molecule has 4 nitrogen and oxygen atoms in total. The maximum atomic E-state index is 4.41. The lowest BCUT2D eigenvalue weighted by Gasteiger charge is -2.22. The zero-order valence-corrected chi connectivity index (χ0v) is 10.7. The number of hydrogen-bond acceptors (Lipinski definition) is 4. The number of para-hydroxylation sites is 2. The molecule has 2 aliphatic heterocycles. The minimum atomic E-state index is 0.796. The minimum absolute atomic E-state index is 0.796. The SMILES string of the molecule is c1ccc(N2CCCC2)c(NCC2=NCCN2)c1. The normalized spacial score (nSPS) is 18.7. The average molecular weight is 244 g/mol. The first-order valence-corrected chi connectivity index (χ1v) is 6.78. The van der Waals surface area contributed by atoms with Crippen LogP contribution in [0.1, 0.15) is 12.8 Å². The molecular formula is C14H20N4. The third kappa shape index (κ3) is 2.42. The third-order valence-electron chi connectivity index (χ3n) is 3.54. The number of hydrogen-bond donors (Lipinski definition) is 2. The highest BCUT2D eigenvalue weighted by molar-refractivity contribution is 5.88. The molecule has 0 aliphatic carbocycles. The van der Waals surface area contributed by atoms with Gasteiger partial charge in [0.05, 0.1) is 24.5 Å². The highest BCUT2D eigenvalue weighted by Crippen LogP contribution is 2.28. The second-order valence-corrected chi connectivity index (χ2v) is 4.82. The summed E-state index contributed by atoms with van der Waals surface area (Å²) in [7, 11) is 0. The van der Waals surface area contributed by atoms with E-state index >= 15 is 0 Å². The first kappa shape index (κ1) is 11.4. The van der Waals surface area contributed by atoms with Crippen LogP contribution in [0.15, 0.2) is 29.3 Å². The molecule has 1 aromatic rings. The standard InChI is InChI=1S/C14H20N4/c1-2-6-13(18-9-3-4-10-18)12(5-1)17-11-14-15-7-8-16-14/h1-2,5-6,17H,3-4,7-11H2,(H,15,16). The zero-order chi connectivity index (χ0) is 12.2. The molecule has 0 saturated carbocycles. The summed E-state index contributed by atoms with van der Waals surface area (Å²) in [6.45, 7) is 5.04. The molecule has 2 aliphatic rings. The van der Waals surface area contributed by atoms with Gasteiger partial charge in [-0.05, 0) is 25.0 Å². The van der Waals surface area contributed by atoms with E-state index in [1.165, 1.54) is 37.3 Å². The smallest absolute Gasteiger partial charge is 0.116 e. The van der Waals surface area contributed by atoms with Gasteiger partial charge in [-0.15, -0.1) is 0 Å². The number of rotatable bonds is 4. The van der Waals surface area contributed by atoms with E-state index in [4.69, 9.17) is 0 Å². The lowest BCUT2D eigenvalue weighted by atomic mass is 10.2. The Labute approximate surface area is 108 Å². The Hall–Kier alpha value is -1.71. The van der Waals surface area contributed by atoms with Gasteiger partial charge in [-0.3, -0.25) is 4.99 Å². The molecule has 2 heterocycles. The highest BCUT2D eigenvalue weighted by atomic mass is 15.2. The van der Waals surface area contributed by atoms with Crippen molar-refractivity contribution in [3.05, 3.63) is 24.3 Å². The Morgan fingerprint density at radius 3 is 2.83 bits per heavy atom.